The van der Waals surface area contributed by atoms with Crippen molar-refractivity contribution in [2.24, 2.45) is 0 Å². The zero-order valence-corrected chi connectivity index (χ0v) is 19.8. The van der Waals surface area contributed by atoms with Gasteiger partial charge in [-0.2, -0.15) is 0 Å². The van der Waals surface area contributed by atoms with E-state index >= 15 is 0 Å². The SMILES string of the molecule is COCCOCCOCC(=O)N1CCC(c2nc(C(=O)NNC(=O)c3csnn3)cs2)CC1. The average Bonchev–Trinajstić information content (AvgIpc) is 3.54. The first-order valence-corrected chi connectivity index (χ1v) is 12.1. The minimum atomic E-state index is -0.549. The van der Waals surface area contributed by atoms with Crippen LogP contribution >= 0.6 is 22.9 Å². The van der Waals surface area contributed by atoms with Crippen LogP contribution in [0.5, 0.6) is 0 Å². The number of methoxy groups -OCH3 is 1. The van der Waals surface area contributed by atoms with Crippen LogP contribution in [0.4, 0.5) is 0 Å². The minimum absolute atomic E-state index is 0.0303. The van der Waals surface area contributed by atoms with Gasteiger partial charge in [-0.1, -0.05) is 4.49 Å². The van der Waals surface area contributed by atoms with Crippen LogP contribution in [0.15, 0.2) is 10.8 Å². The molecular formula is C19H26N6O6S2. The highest BCUT2D eigenvalue weighted by molar-refractivity contribution is 7.09. The molecule has 33 heavy (non-hydrogen) atoms. The molecule has 0 radical (unpaired) electrons. The summed E-state index contributed by atoms with van der Waals surface area (Å²) in [7, 11) is 1.61. The highest BCUT2D eigenvalue weighted by Gasteiger charge is 2.26. The Bertz CT molecular complexity index is 900. The first-order chi connectivity index (χ1) is 16.1. The van der Waals surface area contributed by atoms with Crippen molar-refractivity contribution in [1.82, 2.24) is 30.3 Å². The molecule has 0 spiro atoms. The molecule has 2 N–H and O–H groups in total. The molecule has 0 bridgehead atoms. The van der Waals surface area contributed by atoms with E-state index in [1.807, 2.05) is 0 Å². The summed E-state index contributed by atoms with van der Waals surface area (Å²) in [6.07, 6.45) is 1.52. The third-order valence-electron chi connectivity index (χ3n) is 4.86. The van der Waals surface area contributed by atoms with Gasteiger partial charge >= 0.3 is 0 Å². The molecule has 1 saturated heterocycles. The van der Waals surface area contributed by atoms with Gasteiger partial charge in [0.05, 0.1) is 31.4 Å². The predicted molar refractivity (Wildman–Crippen MR) is 119 cm³/mol. The smallest absolute Gasteiger partial charge is 0.291 e. The number of likely N-dealkylation sites (tertiary alicyclic amines) is 1. The third-order valence-corrected chi connectivity index (χ3v) is 6.37. The lowest BCUT2D eigenvalue weighted by Gasteiger charge is -2.31. The van der Waals surface area contributed by atoms with E-state index in [0.29, 0.717) is 39.5 Å². The first kappa shape index (κ1) is 25.1. The van der Waals surface area contributed by atoms with Crippen molar-refractivity contribution in [3.8, 4) is 0 Å². The number of amides is 3. The number of hydrogen-bond donors (Lipinski definition) is 2. The second kappa shape index (κ2) is 13.3. The molecule has 0 saturated carbocycles. The Hall–Kier alpha value is -2.52. The summed E-state index contributed by atoms with van der Waals surface area (Å²) in [5, 5.41) is 7.60. The lowest BCUT2D eigenvalue weighted by molar-refractivity contribution is -0.137. The van der Waals surface area contributed by atoms with Crippen molar-refractivity contribution in [3.63, 3.8) is 0 Å². The fraction of sp³-hybridized carbons (Fsp3) is 0.579. The normalized spacial score (nSPS) is 14.3. The maximum atomic E-state index is 12.3. The number of nitrogens with zero attached hydrogens (tertiary/aromatic N) is 4. The maximum Gasteiger partial charge on any atom is 0.291 e. The van der Waals surface area contributed by atoms with E-state index < -0.39 is 11.8 Å². The number of rotatable bonds is 11. The Labute approximate surface area is 198 Å². The van der Waals surface area contributed by atoms with Crippen LogP contribution in [0.25, 0.3) is 0 Å². The summed E-state index contributed by atoms with van der Waals surface area (Å²) in [6.45, 7) is 3.05. The van der Waals surface area contributed by atoms with Crippen LogP contribution < -0.4 is 10.9 Å². The molecule has 180 valence electrons. The summed E-state index contributed by atoms with van der Waals surface area (Å²) in [4.78, 5) is 42.6. The Morgan fingerprint density at radius 3 is 2.42 bits per heavy atom. The highest BCUT2D eigenvalue weighted by atomic mass is 32.1. The lowest BCUT2D eigenvalue weighted by atomic mass is 9.97. The molecule has 0 aromatic carbocycles. The lowest BCUT2D eigenvalue weighted by Crippen LogP contribution is -2.42. The molecular weight excluding hydrogens is 472 g/mol. The van der Waals surface area contributed by atoms with Crippen molar-refractivity contribution in [1.29, 1.82) is 0 Å². The number of thiazole rings is 1. The van der Waals surface area contributed by atoms with Gasteiger partial charge in [-0.3, -0.25) is 25.2 Å². The van der Waals surface area contributed by atoms with Gasteiger partial charge in [0.25, 0.3) is 11.8 Å². The number of piperidine rings is 1. The summed E-state index contributed by atoms with van der Waals surface area (Å²) in [5.41, 5.74) is 4.96. The summed E-state index contributed by atoms with van der Waals surface area (Å²) >= 11 is 2.44. The zero-order valence-electron chi connectivity index (χ0n) is 18.2. The van der Waals surface area contributed by atoms with Crippen molar-refractivity contribution in [2.75, 3.05) is 53.2 Å². The average molecular weight is 499 g/mol. The van der Waals surface area contributed by atoms with E-state index in [2.05, 4.69) is 25.4 Å². The van der Waals surface area contributed by atoms with Crippen LogP contribution in [0.1, 0.15) is 44.7 Å². The van der Waals surface area contributed by atoms with Gasteiger partial charge in [-0.05, 0) is 24.4 Å². The van der Waals surface area contributed by atoms with Crippen molar-refractivity contribution in [3.05, 3.63) is 27.2 Å². The van der Waals surface area contributed by atoms with E-state index in [1.165, 1.54) is 16.7 Å². The monoisotopic (exact) mass is 498 g/mol. The molecule has 0 unspecified atom stereocenters. The standard InChI is InChI=1S/C19H26N6O6S2/c1-29-6-7-30-8-9-31-10-16(26)25-4-2-13(3-5-25)19-20-14(11-32-19)17(27)22-23-18(28)15-12-33-24-21-15/h11-13H,2-10H2,1H3,(H,22,27)(H,23,28). The molecule has 1 fully saturated rings. The van der Waals surface area contributed by atoms with Gasteiger partial charge in [-0.25, -0.2) is 4.98 Å². The minimum Gasteiger partial charge on any atom is -0.382 e. The van der Waals surface area contributed by atoms with Crippen LogP contribution in [0, 0.1) is 0 Å². The number of nitrogens with one attached hydrogen (secondary N) is 2. The fourth-order valence-corrected chi connectivity index (χ4v) is 4.48. The van der Waals surface area contributed by atoms with E-state index in [0.717, 1.165) is 29.4 Å². The molecule has 0 atom stereocenters. The van der Waals surface area contributed by atoms with Crippen molar-refractivity contribution >= 4 is 40.6 Å². The van der Waals surface area contributed by atoms with Gasteiger partial charge in [0.15, 0.2) is 5.69 Å². The first-order valence-electron chi connectivity index (χ1n) is 10.3. The van der Waals surface area contributed by atoms with E-state index in [4.69, 9.17) is 14.2 Å². The molecule has 12 nitrogen and oxygen atoms in total. The quantitative estimate of drug-likeness (QED) is 0.333. The molecule has 2 aromatic rings. The highest BCUT2D eigenvalue weighted by Crippen LogP contribution is 2.30. The number of aromatic nitrogens is 3. The topological polar surface area (TPSA) is 145 Å². The van der Waals surface area contributed by atoms with Gasteiger partial charge in [0, 0.05) is 36.9 Å². The maximum absolute atomic E-state index is 12.3. The van der Waals surface area contributed by atoms with E-state index in [9.17, 15) is 14.4 Å². The molecule has 3 heterocycles. The number of hydrazine groups is 1. The molecule has 3 amide bonds. The third kappa shape index (κ3) is 7.78. The second-order valence-electron chi connectivity index (χ2n) is 7.08. The molecule has 3 rings (SSSR count). The Morgan fingerprint density at radius 2 is 1.73 bits per heavy atom. The van der Waals surface area contributed by atoms with Crippen LogP contribution in [0.3, 0.4) is 0 Å². The molecule has 2 aromatic heterocycles. The van der Waals surface area contributed by atoms with Gasteiger partial charge in [0.1, 0.15) is 12.3 Å². The van der Waals surface area contributed by atoms with Gasteiger partial charge in [-0.15, -0.1) is 16.4 Å². The van der Waals surface area contributed by atoms with Crippen LogP contribution in [0.2, 0.25) is 0 Å². The molecule has 0 aliphatic carbocycles. The second-order valence-corrected chi connectivity index (χ2v) is 8.58. The van der Waals surface area contributed by atoms with Gasteiger partial charge in [0.2, 0.25) is 5.91 Å². The zero-order chi connectivity index (χ0) is 23.5. The Morgan fingerprint density at radius 1 is 1.03 bits per heavy atom. The van der Waals surface area contributed by atoms with E-state index in [1.54, 1.807) is 17.4 Å². The van der Waals surface area contributed by atoms with Crippen molar-refractivity contribution in [2.45, 2.75) is 18.8 Å². The number of ether oxygens (including phenoxy) is 3. The number of hydrogen-bond acceptors (Lipinski definition) is 11. The number of carbonyl (C=O) groups excluding carboxylic acids is 3. The Kier molecular flexibility index (Phi) is 10.1. The van der Waals surface area contributed by atoms with Gasteiger partial charge < -0.3 is 19.1 Å². The molecule has 1 aliphatic heterocycles. The fourth-order valence-electron chi connectivity index (χ4n) is 3.07. The van der Waals surface area contributed by atoms with Crippen LogP contribution in [-0.2, 0) is 19.0 Å². The van der Waals surface area contributed by atoms with E-state index in [-0.39, 0.29) is 29.8 Å². The van der Waals surface area contributed by atoms with Crippen molar-refractivity contribution < 1.29 is 28.6 Å². The summed E-state index contributed by atoms with van der Waals surface area (Å²) in [5.74, 6) is -0.931. The largest absolute Gasteiger partial charge is 0.382 e. The molecule has 1 aliphatic rings. The summed E-state index contributed by atoms with van der Waals surface area (Å²) in [6, 6.07) is 0. The summed E-state index contributed by atoms with van der Waals surface area (Å²) < 4.78 is 19.2. The number of carbonyl (C=O) groups is 3. The predicted octanol–water partition coefficient (Wildman–Crippen LogP) is 0.455. The molecule has 14 heteroatoms. The Balaban J connectivity index is 1.35. The van der Waals surface area contributed by atoms with Crippen LogP contribution in [-0.4, -0.2) is 90.4 Å².